The molecule has 0 unspecified atom stereocenters. The van der Waals surface area contributed by atoms with E-state index < -0.39 is 35.0 Å². The molecule has 4 atom stereocenters. The van der Waals surface area contributed by atoms with Gasteiger partial charge in [0.05, 0.1) is 17.4 Å². The first-order chi connectivity index (χ1) is 10.1. The summed E-state index contributed by atoms with van der Waals surface area (Å²) in [5, 5.41) is 10.5. The third-order valence-electron chi connectivity index (χ3n) is 4.38. The van der Waals surface area contributed by atoms with Gasteiger partial charge in [0.2, 0.25) is 0 Å². The van der Waals surface area contributed by atoms with Crippen molar-refractivity contribution in [3.05, 3.63) is 35.6 Å². The summed E-state index contributed by atoms with van der Waals surface area (Å²) in [7, 11) is 0. The van der Waals surface area contributed by atoms with Gasteiger partial charge in [-0.3, -0.25) is 14.4 Å². The molecule has 0 aromatic heterocycles. The van der Waals surface area contributed by atoms with E-state index in [0.717, 1.165) is 0 Å². The highest BCUT2D eigenvalue weighted by atomic mass is 19.1. The van der Waals surface area contributed by atoms with Crippen LogP contribution in [0.15, 0.2) is 24.3 Å². The highest BCUT2D eigenvalue weighted by molar-refractivity contribution is 6.05. The molecule has 1 aromatic carbocycles. The van der Waals surface area contributed by atoms with E-state index in [1.54, 1.807) is 6.07 Å². The van der Waals surface area contributed by atoms with Gasteiger partial charge in [-0.05, 0) is 38.5 Å². The second kappa shape index (κ2) is 5.72. The molecule has 1 aliphatic carbocycles. The molecule has 1 aliphatic rings. The number of carbonyl (C=O) groups is 3. The standard InChI is InChI=1S/C17H19FO4/c1-9(19)14-13(21)8-17(3,22)16(10(2)20)15(14)11-5-4-6-12(18)7-11/h4-7,14-16,22H,8H2,1-3H3/t14-,15-,16+,17-/m1/s1. The predicted octanol–water partition coefficient (Wildman–Crippen LogP) is 2.04. The van der Waals surface area contributed by atoms with Crippen LogP contribution in [0.4, 0.5) is 4.39 Å². The predicted molar refractivity (Wildman–Crippen MR) is 77.7 cm³/mol. The fourth-order valence-corrected chi connectivity index (χ4v) is 3.62. The highest BCUT2D eigenvalue weighted by Gasteiger charge is 2.53. The molecule has 0 heterocycles. The lowest BCUT2D eigenvalue weighted by Crippen LogP contribution is -2.53. The first-order valence-electron chi connectivity index (χ1n) is 7.16. The first-order valence-corrected chi connectivity index (χ1v) is 7.16. The Labute approximate surface area is 128 Å². The van der Waals surface area contributed by atoms with Crippen LogP contribution in [-0.2, 0) is 14.4 Å². The summed E-state index contributed by atoms with van der Waals surface area (Å²) in [6.45, 7) is 4.02. The molecule has 2 rings (SSSR count). The summed E-state index contributed by atoms with van der Waals surface area (Å²) in [4.78, 5) is 36.3. The zero-order valence-electron chi connectivity index (χ0n) is 12.8. The van der Waals surface area contributed by atoms with E-state index in [1.165, 1.54) is 39.0 Å². The molecule has 1 N–H and O–H groups in total. The van der Waals surface area contributed by atoms with Crippen LogP contribution >= 0.6 is 0 Å². The van der Waals surface area contributed by atoms with Gasteiger partial charge in [-0.1, -0.05) is 12.1 Å². The van der Waals surface area contributed by atoms with Crippen molar-refractivity contribution in [3.8, 4) is 0 Å². The van der Waals surface area contributed by atoms with Gasteiger partial charge in [0, 0.05) is 12.3 Å². The summed E-state index contributed by atoms with van der Waals surface area (Å²) in [5.41, 5.74) is -1.17. The Morgan fingerprint density at radius 1 is 1.27 bits per heavy atom. The Kier molecular flexibility index (Phi) is 4.29. The Balaban J connectivity index is 2.64. The SMILES string of the molecule is CC(=O)[C@@H]1C(=O)C[C@@](C)(O)[C@@H](C(C)=O)[C@@H]1c1cccc(F)c1. The fraction of sp³-hybridized carbons (Fsp3) is 0.471. The number of carbonyl (C=O) groups excluding carboxylic acids is 3. The Morgan fingerprint density at radius 3 is 2.41 bits per heavy atom. The largest absolute Gasteiger partial charge is 0.389 e. The molecule has 0 amide bonds. The van der Waals surface area contributed by atoms with Gasteiger partial charge >= 0.3 is 0 Å². The molecule has 1 saturated carbocycles. The molecule has 0 aliphatic heterocycles. The van der Waals surface area contributed by atoms with Crippen molar-refractivity contribution >= 4 is 17.3 Å². The topological polar surface area (TPSA) is 71.4 Å². The normalized spacial score (nSPS) is 31.9. The summed E-state index contributed by atoms with van der Waals surface area (Å²) in [6, 6.07) is 5.50. The molecule has 118 valence electrons. The minimum absolute atomic E-state index is 0.257. The highest BCUT2D eigenvalue weighted by Crippen LogP contribution is 2.46. The van der Waals surface area contributed by atoms with Gasteiger partial charge in [0.25, 0.3) is 0 Å². The van der Waals surface area contributed by atoms with Crippen molar-refractivity contribution in [2.24, 2.45) is 11.8 Å². The molecule has 4 nitrogen and oxygen atoms in total. The van der Waals surface area contributed by atoms with E-state index in [4.69, 9.17) is 0 Å². The Bertz CT molecular complexity index is 635. The number of hydrogen-bond acceptors (Lipinski definition) is 4. The van der Waals surface area contributed by atoms with Crippen molar-refractivity contribution < 1.29 is 23.9 Å². The molecule has 0 spiro atoms. The quantitative estimate of drug-likeness (QED) is 0.868. The van der Waals surface area contributed by atoms with Crippen LogP contribution in [0.1, 0.15) is 38.7 Å². The van der Waals surface area contributed by atoms with Gasteiger partial charge in [-0.2, -0.15) is 0 Å². The monoisotopic (exact) mass is 306 g/mol. The van der Waals surface area contributed by atoms with Crippen LogP contribution in [0, 0.1) is 17.7 Å². The number of rotatable bonds is 3. The molecule has 0 saturated heterocycles. The minimum atomic E-state index is -1.55. The van der Waals surface area contributed by atoms with Gasteiger partial charge in [-0.15, -0.1) is 0 Å². The van der Waals surface area contributed by atoms with Crippen molar-refractivity contribution in [3.63, 3.8) is 0 Å². The molecular formula is C17H19FO4. The number of hydrogen-bond donors (Lipinski definition) is 1. The van der Waals surface area contributed by atoms with Crippen molar-refractivity contribution in [1.29, 1.82) is 0 Å². The van der Waals surface area contributed by atoms with E-state index in [2.05, 4.69) is 0 Å². The smallest absolute Gasteiger partial charge is 0.146 e. The van der Waals surface area contributed by atoms with Crippen LogP contribution in [0.25, 0.3) is 0 Å². The number of aliphatic hydroxyl groups is 1. The van der Waals surface area contributed by atoms with E-state index in [-0.39, 0.29) is 18.0 Å². The lowest BCUT2D eigenvalue weighted by atomic mass is 9.60. The zero-order valence-corrected chi connectivity index (χ0v) is 12.8. The maximum absolute atomic E-state index is 13.6. The summed E-state index contributed by atoms with van der Waals surface area (Å²) in [6.07, 6.45) is -0.257. The van der Waals surface area contributed by atoms with E-state index in [0.29, 0.717) is 5.56 Å². The molecular weight excluding hydrogens is 287 g/mol. The maximum Gasteiger partial charge on any atom is 0.146 e. The van der Waals surface area contributed by atoms with Gasteiger partial charge in [-0.25, -0.2) is 4.39 Å². The Morgan fingerprint density at radius 2 is 1.91 bits per heavy atom. The van der Waals surface area contributed by atoms with E-state index in [9.17, 15) is 23.9 Å². The molecule has 1 aromatic rings. The lowest BCUT2D eigenvalue weighted by molar-refractivity contribution is -0.151. The average Bonchev–Trinajstić information content (AvgIpc) is 2.35. The maximum atomic E-state index is 13.6. The number of ketones is 3. The van der Waals surface area contributed by atoms with Crippen LogP contribution in [0.2, 0.25) is 0 Å². The van der Waals surface area contributed by atoms with E-state index >= 15 is 0 Å². The number of halogens is 1. The van der Waals surface area contributed by atoms with Gasteiger partial charge in [0.15, 0.2) is 0 Å². The third-order valence-corrected chi connectivity index (χ3v) is 4.38. The molecule has 0 radical (unpaired) electrons. The van der Waals surface area contributed by atoms with Crippen LogP contribution in [0.3, 0.4) is 0 Å². The summed E-state index contributed by atoms with van der Waals surface area (Å²) >= 11 is 0. The van der Waals surface area contributed by atoms with Crippen molar-refractivity contribution in [1.82, 2.24) is 0 Å². The summed E-state index contributed by atoms with van der Waals surface area (Å²) in [5.74, 6) is -4.43. The third kappa shape index (κ3) is 2.86. The zero-order chi connectivity index (χ0) is 16.7. The van der Waals surface area contributed by atoms with Crippen LogP contribution < -0.4 is 0 Å². The first kappa shape index (κ1) is 16.5. The van der Waals surface area contributed by atoms with Gasteiger partial charge < -0.3 is 5.11 Å². The molecule has 0 bridgehead atoms. The van der Waals surface area contributed by atoms with E-state index in [1.807, 2.05) is 0 Å². The van der Waals surface area contributed by atoms with Crippen LogP contribution in [0.5, 0.6) is 0 Å². The fourth-order valence-electron chi connectivity index (χ4n) is 3.62. The van der Waals surface area contributed by atoms with Crippen molar-refractivity contribution in [2.45, 2.75) is 38.7 Å². The lowest BCUT2D eigenvalue weighted by Gasteiger charge is -2.44. The molecule has 5 heteroatoms. The summed E-state index contributed by atoms with van der Waals surface area (Å²) < 4.78 is 13.6. The van der Waals surface area contributed by atoms with Crippen LogP contribution in [-0.4, -0.2) is 28.1 Å². The van der Waals surface area contributed by atoms with Crippen molar-refractivity contribution in [2.75, 3.05) is 0 Å². The number of Topliss-reactive ketones (excluding diaryl/α,β-unsaturated/α-hetero) is 3. The van der Waals surface area contributed by atoms with Gasteiger partial charge in [0.1, 0.15) is 23.2 Å². The molecule has 22 heavy (non-hydrogen) atoms. The Hall–Kier alpha value is -1.88. The average molecular weight is 306 g/mol. The second-order valence-corrected chi connectivity index (χ2v) is 6.26. The minimum Gasteiger partial charge on any atom is -0.389 e. The second-order valence-electron chi connectivity index (χ2n) is 6.26. The number of benzene rings is 1. The molecule has 1 fully saturated rings.